The summed E-state index contributed by atoms with van der Waals surface area (Å²) in [7, 11) is 0. The van der Waals surface area contributed by atoms with Crippen molar-refractivity contribution in [3.05, 3.63) is 29.8 Å². The molecular weight excluding hydrogens is 310 g/mol. The molecule has 0 saturated carbocycles. The van der Waals surface area contributed by atoms with Crippen molar-refractivity contribution < 1.29 is 24.2 Å². The van der Waals surface area contributed by atoms with E-state index in [2.05, 4.69) is 12.2 Å². The van der Waals surface area contributed by atoms with E-state index < -0.39 is 11.5 Å². The van der Waals surface area contributed by atoms with E-state index in [0.29, 0.717) is 39.1 Å². The predicted molar refractivity (Wildman–Crippen MR) is 89.1 cm³/mol. The number of carboxylic acids is 1. The van der Waals surface area contributed by atoms with Crippen molar-refractivity contribution in [3.8, 4) is 5.75 Å². The minimum atomic E-state index is -1.19. The van der Waals surface area contributed by atoms with Gasteiger partial charge in [0.1, 0.15) is 11.3 Å². The van der Waals surface area contributed by atoms with E-state index in [4.69, 9.17) is 9.47 Å². The Labute approximate surface area is 142 Å². The van der Waals surface area contributed by atoms with Gasteiger partial charge in [-0.1, -0.05) is 19.1 Å². The molecule has 1 aromatic rings. The van der Waals surface area contributed by atoms with Crippen molar-refractivity contribution in [2.45, 2.75) is 44.6 Å². The van der Waals surface area contributed by atoms with Gasteiger partial charge in [0.15, 0.2) is 0 Å². The molecular formula is C18H25NO5. The zero-order chi connectivity index (χ0) is 17.4. The number of hydrogen-bond donors (Lipinski definition) is 2. The van der Waals surface area contributed by atoms with Crippen LogP contribution in [-0.4, -0.2) is 42.3 Å². The lowest BCUT2D eigenvalue weighted by Gasteiger charge is -2.33. The predicted octanol–water partition coefficient (Wildman–Crippen LogP) is 2.16. The van der Waals surface area contributed by atoms with Crippen molar-refractivity contribution in [2.75, 3.05) is 19.8 Å². The molecule has 0 aliphatic carbocycles. The topological polar surface area (TPSA) is 84.9 Å². The summed E-state index contributed by atoms with van der Waals surface area (Å²) < 4.78 is 10.7. The first-order valence-electron chi connectivity index (χ1n) is 8.39. The second-order valence-corrected chi connectivity index (χ2v) is 6.04. The van der Waals surface area contributed by atoms with Crippen LogP contribution in [0.5, 0.6) is 5.75 Å². The number of nitrogens with one attached hydrogen (secondary N) is 1. The number of aryl methyl sites for hydroxylation is 1. The second-order valence-electron chi connectivity index (χ2n) is 6.04. The van der Waals surface area contributed by atoms with Gasteiger partial charge in [0.2, 0.25) is 5.91 Å². The van der Waals surface area contributed by atoms with Gasteiger partial charge in [-0.2, -0.15) is 0 Å². The number of amides is 1. The zero-order valence-electron chi connectivity index (χ0n) is 14.0. The van der Waals surface area contributed by atoms with E-state index in [1.165, 1.54) is 0 Å². The molecule has 1 aromatic carbocycles. The smallest absolute Gasteiger partial charge is 0.329 e. The summed E-state index contributed by atoms with van der Waals surface area (Å²) in [5.41, 5.74) is -0.168. The van der Waals surface area contributed by atoms with Crippen LogP contribution >= 0.6 is 0 Å². The van der Waals surface area contributed by atoms with Crippen LogP contribution in [0.4, 0.5) is 0 Å². The maximum Gasteiger partial charge on any atom is 0.329 e. The molecule has 0 bridgehead atoms. The Morgan fingerprint density at radius 1 is 1.25 bits per heavy atom. The lowest BCUT2D eigenvalue weighted by molar-refractivity contribution is -0.152. The Morgan fingerprint density at radius 3 is 2.50 bits per heavy atom. The van der Waals surface area contributed by atoms with Crippen LogP contribution in [0.15, 0.2) is 24.3 Å². The van der Waals surface area contributed by atoms with Crippen LogP contribution in [0, 0.1) is 0 Å². The molecule has 1 saturated heterocycles. The number of carbonyl (C=O) groups is 2. The minimum absolute atomic E-state index is 0.245. The quantitative estimate of drug-likeness (QED) is 0.760. The average molecular weight is 335 g/mol. The highest BCUT2D eigenvalue weighted by Gasteiger charge is 2.41. The molecule has 1 aliphatic heterocycles. The Morgan fingerprint density at radius 2 is 1.92 bits per heavy atom. The molecule has 6 nitrogen and oxygen atoms in total. The summed E-state index contributed by atoms with van der Waals surface area (Å²) in [5, 5.41) is 12.1. The summed E-state index contributed by atoms with van der Waals surface area (Å²) in [5.74, 6) is -0.417. The molecule has 6 heteroatoms. The van der Waals surface area contributed by atoms with Gasteiger partial charge in [-0.25, -0.2) is 4.79 Å². The normalized spacial score (nSPS) is 16.4. The Balaban J connectivity index is 1.84. The number of benzene rings is 1. The largest absolute Gasteiger partial charge is 0.494 e. The first-order valence-corrected chi connectivity index (χ1v) is 8.39. The average Bonchev–Trinajstić information content (AvgIpc) is 2.59. The first-order chi connectivity index (χ1) is 11.6. The van der Waals surface area contributed by atoms with Crippen LogP contribution < -0.4 is 10.1 Å². The molecule has 1 amide bonds. The van der Waals surface area contributed by atoms with Gasteiger partial charge in [0.25, 0.3) is 0 Å². The first kappa shape index (κ1) is 18.3. The lowest BCUT2D eigenvalue weighted by Crippen LogP contribution is -2.57. The van der Waals surface area contributed by atoms with Gasteiger partial charge >= 0.3 is 5.97 Å². The van der Waals surface area contributed by atoms with E-state index in [1.807, 2.05) is 24.3 Å². The van der Waals surface area contributed by atoms with Crippen LogP contribution in [0.2, 0.25) is 0 Å². The van der Waals surface area contributed by atoms with Gasteiger partial charge < -0.3 is 19.9 Å². The number of carbonyl (C=O) groups excluding carboxylic acids is 1. The highest BCUT2D eigenvalue weighted by Crippen LogP contribution is 2.21. The summed E-state index contributed by atoms with van der Waals surface area (Å²) in [6.07, 6.45) is 2.38. The van der Waals surface area contributed by atoms with Crippen molar-refractivity contribution in [1.82, 2.24) is 5.32 Å². The van der Waals surface area contributed by atoms with E-state index in [1.54, 1.807) is 0 Å². The molecule has 132 valence electrons. The number of rotatable bonds is 8. The van der Waals surface area contributed by atoms with Crippen LogP contribution in [0.3, 0.4) is 0 Å². The summed E-state index contributed by atoms with van der Waals surface area (Å²) in [6, 6.07) is 7.64. The third kappa shape index (κ3) is 4.96. The Kier molecular flexibility index (Phi) is 6.61. The van der Waals surface area contributed by atoms with Gasteiger partial charge in [-0.05, 0) is 30.5 Å². The van der Waals surface area contributed by atoms with E-state index in [-0.39, 0.29) is 12.3 Å². The van der Waals surface area contributed by atoms with E-state index in [9.17, 15) is 14.7 Å². The fourth-order valence-corrected chi connectivity index (χ4v) is 2.67. The van der Waals surface area contributed by atoms with Crippen molar-refractivity contribution in [3.63, 3.8) is 0 Å². The van der Waals surface area contributed by atoms with Crippen LogP contribution in [0.25, 0.3) is 0 Å². The highest BCUT2D eigenvalue weighted by molar-refractivity contribution is 5.87. The molecule has 0 unspecified atom stereocenters. The van der Waals surface area contributed by atoms with Crippen molar-refractivity contribution in [1.29, 1.82) is 0 Å². The third-order valence-corrected chi connectivity index (χ3v) is 4.17. The van der Waals surface area contributed by atoms with Crippen molar-refractivity contribution in [2.24, 2.45) is 0 Å². The Hall–Kier alpha value is -2.08. The molecule has 1 fully saturated rings. The summed E-state index contributed by atoms with van der Waals surface area (Å²) >= 11 is 0. The third-order valence-electron chi connectivity index (χ3n) is 4.17. The summed E-state index contributed by atoms with van der Waals surface area (Å²) in [6.45, 7) is 3.44. The Bertz CT molecular complexity index is 549. The van der Waals surface area contributed by atoms with E-state index in [0.717, 1.165) is 17.7 Å². The molecule has 1 aliphatic rings. The monoisotopic (exact) mass is 335 g/mol. The van der Waals surface area contributed by atoms with Gasteiger partial charge in [-0.15, -0.1) is 0 Å². The van der Waals surface area contributed by atoms with Crippen molar-refractivity contribution >= 4 is 11.9 Å². The zero-order valence-corrected chi connectivity index (χ0v) is 14.0. The molecule has 0 aromatic heterocycles. The second kappa shape index (κ2) is 8.68. The molecule has 1 heterocycles. The van der Waals surface area contributed by atoms with Crippen LogP contribution in [-0.2, 0) is 20.7 Å². The van der Waals surface area contributed by atoms with Gasteiger partial charge in [0.05, 0.1) is 6.61 Å². The lowest BCUT2D eigenvalue weighted by atomic mass is 9.90. The van der Waals surface area contributed by atoms with Gasteiger partial charge in [-0.3, -0.25) is 4.79 Å². The molecule has 2 N–H and O–H groups in total. The molecule has 0 atom stereocenters. The van der Waals surface area contributed by atoms with Crippen LogP contribution in [0.1, 0.15) is 38.2 Å². The number of carboxylic acid groups (broad SMARTS) is 1. The van der Waals surface area contributed by atoms with Gasteiger partial charge in [0, 0.05) is 32.5 Å². The SMILES string of the molecule is CCCOc1ccc(CCC(=O)NC2(C(=O)O)CCOCC2)cc1. The maximum atomic E-state index is 12.2. The molecule has 24 heavy (non-hydrogen) atoms. The summed E-state index contributed by atoms with van der Waals surface area (Å²) in [4.78, 5) is 23.7. The molecule has 0 radical (unpaired) electrons. The molecule has 0 spiro atoms. The fraction of sp³-hybridized carbons (Fsp3) is 0.556. The number of aliphatic carboxylic acids is 1. The number of ether oxygens (including phenoxy) is 2. The van der Waals surface area contributed by atoms with E-state index >= 15 is 0 Å². The number of hydrogen-bond acceptors (Lipinski definition) is 4. The maximum absolute atomic E-state index is 12.2. The highest BCUT2D eigenvalue weighted by atomic mass is 16.5. The molecule has 2 rings (SSSR count). The minimum Gasteiger partial charge on any atom is -0.494 e. The standard InChI is InChI=1S/C18H25NO5/c1-2-11-24-15-6-3-14(4-7-15)5-8-16(20)19-18(17(21)22)9-12-23-13-10-18/h3-4,6-7H,2,5,8-13H2,1H3,(H,19,20)(H,21,22). The fourth-order valence-electron chi connectivity index (χ4n) is 2.67.